The first-order valence-electron chi connectivity index (χ1n) is 3.97. The highest BCUT2D eigenvalue weighted by molar-refractivity contribution is 7.98. The summed E-state index contributed by atoms with van der Waals surface area (Å²) in [5, 5.41) is 0.721. The Balaban J connectivity index is 3.02. The Bertz CT molecular complexity index is 312. The Morgan fingerprint density at radius 3 is 2.69 bits per heavy atom. The average Bonchev–Trinajstić information content (AvgIpc) is 2.16. The van der Waals surface area contributed by atoms with Crippen LogP contribution in [0.15, 0.2) is 23.1 Å². The normalized spacial score (nSPS) is 12.5. The molecule has 13 heavy (non-hydrogen) atoms. The lowest BCUT2D eigenvalue weighted by Gasteiger charge is -2.06. The summed E-state index contributed by atoms with van der Waals surface area (Å²) in [4.78, 5) is 11.6. The molecule has 0 saturated carbocycles. The van der Waals surface area contributed by atoms with E-state index < -0.39 is 0 Å². The molecule has 0 fully saturated rings. The average molecular weight is 215 g/mol. The first kappa shape index (κ1) is 10.6. The van der Waals surface area contributed by atoms with Gasteiger partial charge in [0.2, 0.25) is 0 Å². The number of hydrogen-bond donors (Lipinski definition) is 0. The van der Waals surface area contributed by atoms with Crippen LogP contribution in [-0.2, 0) is 4.79 Å². The lowest BCUT2D eigenvalue weighted by molar-refractivity contribution is -0.108. The molecule has 0 radical (unpaired) electrons. The third kappa shape index (κ3) is 2.48. The maximum absolute atomic E-state index is 10.5. The van der Waals surface area contributed by atoms with E-state index in [1.165, 1.54) is 0 Å². The van der Waals surface area contributed by atoms with E-state index in [0.29, 0.717) is 0 Å². The second kappa shape index (κ2) is 4.68. The summed E-state index contributed by atoms with van der Waals surface area (Å²) < 4.78 is 0. The number of benzene rings is 1. The van der Waals surface area contributed by atoms with Crippen molar-refractivity contribution in [1.29, 1.82) is 0 Å². The van der Waals surface area contributed by atoms with Crippen molar-refractivity contribution in [2.45, 2.75) is 17.7 Å². The Morgan fingerprint density at radius 2 is 2.23 bits per heavy atom. The Morgan fingerprint density at radius 1 is 1.54 bits per heavy atom. The predicted molar refractivity (Wildman–Crippen MR) is 57.7 cm³/mol. The monoisotopic (exact) mass is 214 g/mol. The molecule has 1 rings (SSSR count). The number of carbonyl (C=O) groups excluding carboxylic acids is 1. The quantitative estimate of drug-likeness (QED) is 0.567. The molecule has 0 N–H and O–H groups in total. The van der Waals surface area contributed by atoms with Crippen molar-refractivity contribution in [1.82, 2.24) is 0 Å². The van der Waals surface area contributed by atoms with E-state index in [9.17, 15) is 4.79 Å². The third-order valence-corrected chi connectivity index (χ3v) is 3.13. The summed E-state index contributed by atoms with van der Waals surface area (Å²) in [5.74, 6) is -0.0755. The van der Waals surface area contributed by atoms with E-state index in [1.807, 2.05) is 31.4 Å². The SMILES string of the molecule is CSc1ccc(C(C)C=O)cc1Cl. The van der Waals surface area contributed by atoms with Crippen LogP contribution in [0.2, 0.25) is 5.02 Å². The highest BCUT2D eigenvalue weighted by Crippen LogP contribution is 2.28. The fourth-order valence-electron chi connectivity index (χ4n) is 1.04. The summed E-state index contributed by atoms with van der Waals surface area (Å²) in [6, 6.07) is 5.74. The summed E-state index contributed by atoms with van der Waals surface area (Å²) in [7, 11) is 0. The van der Waals surface area contributed by atoms with Gasteiger partial charge in [0.05, 0.1) is 5.02 Å². The van der Waals surface area contributed by atoms with Gasteiger partial charge in [-0.05, 0) is 24.0 Å². The van der Waals surface area contributed by atoms with Gasteiger partial charge in [0.1, 0.15) is 6.29 Å². The van der Waals surface area contributed by atoms with E-state index in [-0.39, 0.29) is 5.92 Å². The van der Waals surface area contributed by atoms with Crippen LogP contribution in [0.1, 0.15) is 18.4 Å². The second-order valence-electron chi connectivity index (χ2n) is 2.82. The van der Waals surface area contributed by atoms with Crippen molar-refractivity contribution >= 4 is 29.6 Å². The lowest BCUT2D eigenvalue weighted by atomic mass is 10.0. The molecule has 1 atom stereocenters. The number of halogens is 1. The van der Waals surface area contributed by atoms with Gasteiger partial charge in [0, 0.05) is 10.8 Å². The zero-order chi connectivity index (χ0) is 9.84. The second-order valence-corrected chi connectivity index (χ2v) is 4.07. The van der Waals surface area contributed by atoms with Crippen LogP contribution in [0.3, 0.4) is 0 Å². The molecule has 3 heteroatoms. The van der Waals surface area contributed by atoms with Gasteiger partial charge in [-0.15, -0.1) is 11.8 Å². The number of aldehydes is 1. The molecule has 0 aliphatic heterocycles. The number of hydrogen-bond acceptors (Lipinski definition) is 2. The molecule has 1 nitrogen and oxygen atoms in total. The molecule has 0 aliphatic carbocycles. The van der Waals surface area contributed by atoms with E-state index >= 15 is 0 Å². The number of rotatable bonds is 3. The largest absolute Gasteiger partial charge is 0.303 e. The molecule has 0 bridgehead atoms. The topological polar surface area (TPSA) is 17.1 Å². The van der Waals surface area contributed by atoms with Crippen LogP contribution in [-0.4, -0.2) is 12.5 Å². The molecule has 0 amide bonds. The first-order chi connectivity index (χ1) is 6.19. The van der Waals surface area contributed by atoms with Gasteiger partial charge in [-0.3, -0.25) is 0 Å². The van der Waals surface area contributed by atoms with Crippen LogP contribution >= 0.6 is 23.4 Å². The molecule has 70 valence electrons. The van der Waals surface area contributed by atoms with Gasteiger partial charge in [0.25, 0.3) is 0 Å². The van der Waals surface area contributed by atoms with Gasteiger partial charge in [0.15, 0.2) is 0 Å². The molecule has 1 aromatic rings. The van der Waals surface area contributed by atoms with Crippen molar-refractivity contribution in [3.05, 3.63) is 28.8 Å². The number of carbonyl (C=O) groups is 1. The molecule has 0 aromatic heterocycles. The van der Waals surface area contributed by atoms with Crippen LogP contribution in [0.25, 0.3) is 0 Å². The van der Waals surface area contributed by atoms with Crippen molar-refractivity contribution in [2.75, 3.05) is 6.26 Å². The minimum absolute atomic E-state index is 0.0755. The smallest absolute Gasteiger partial charge is 0.127 e. The zero-order valence-corrected chi connectivity index (χ0v) is 9.15. The minimum Gasteiger partial charge on any atom is -0.303 e. The first-order valence-corrected chi connectivity index (χ1v) is 5.58. The Hall–Kier alpha value is -0.470. The zero-order valence-electron chi connectivity index (χ0n) is 7.58. The molecule has 0 aliphatic rings. The standard InChI is InChI=1S/C10H11ClOS/c1-7(6-12)8-3-4-10(13-2)9(11)5-8/h3-7H,1-2H3. The fraction of sp³-hybridized carbons (Fsp3) is 0.300. The van der Waals surface area contributed by atoms with Crippen molar-refractivity contribution in [2.24, 2.45) is 0 Å². The molecule has 0 heterocycles. The summed E-state index contributed by atoms with van der Waals surface area (Å²) in [6.45, 7) is 1.86. The number of thioether (sulfide) groups is 1. The van der Waals surface area contributed by atoms with Crippen LogP contribution in [0, 0.1) is 0 Å². The van der Waals surface area contributed by atoms with Gasteiger partial charge in [-0.25, -0.2) is 0 Å². The molecule has 1 unspecified atom stereocenters. The van der Waals surface area contributed by atoms with E-state index in [4.69, 9.17) is 11.6 Å². The minimum atomic E-state index is -0.0755. The third-order valence-electron chi connectivity index (χ3n) is 1.91. The summed E-state index contributed by atoms with van der Waals surface area (Å²) in [6.07, 6.45) is 2.90. The van der Waals surface area contributed by atoms with E-state index in [2.05, 4.69) is 0 Å². The van der Waals surface area contributed by atoms with E-state index in [0.717, 1.165) is 21.8 Å². The maximum atomic E-state index is 10.5. The summed E-state index contributed by atoms with van der Waals surface area (Å²) in [5.41, 5.74) is 0.970. The maximum Gasteiger partial charge on any atom is 0.127 e. The fourth-order valence-corrected chi connectivity index (χ4v) is 1.92. The van der Waals surface area contributed by atoms with Gasteiger partial charge in [-0.2, -0.15) is 0 Å². The van der Waals surface area contributed by atoms with Crippen molar-refractivity contribution < 1.29 is 4.79 Å². The lowest BCUT2D eigenvalue weighted by Crippen LogP contribution is -1.93. The van der Waals surface area contributed by atoms with Crippen LogP contribution in [0.5, 0.6) is 0 Å². The predicted octanol–water partition coefficient (Wildman–Crippen LogP) is 3.36. The van der Waals surface area contributed by atoms with Crippen LogP contribution in [0.4, 0.5) is 0 Å². The van der Waals surface area contributed by atoms with Gasteiger partial charge < -0.3 is 4.79 Å². The Kier molecular flexibility index (Phi) is 3.82. The highest BCUT2D eigenvalue weighted by Gasteiger charge is 2.06. The molecular formula is C10H11ClOS. The molecule has 1 aromatic carbocycles. The van der Waals surface area contributed by atoms with Crippen LogP contribution < -0.4 is 0 Å². The van der Waals surface area contributed by atoms with Crippen molar-refractivity contribution in [3.8, 4) is 0 Å². The van der Waals surface area contributed by atoms with E-state index in [1.54, 1.807) is 11.8 Å². The summed E-state index contributed by atoms with van der Waals surface area (Å²) >= 11 is 7.60. The molecule has 0 saturated heterocycles. The van der Waals surface area contributed by atoms with Gasteiger partial charge in [-0.1, -0.05) is 24.6 Å². The molecule has 0 spiro atoms. The van der Waals surface area contributed by atoms with Crippen molar-refractivity contribution in [3.63, 3.8) is 0 Å². The highest BCUT2D eigenvalue weighted by atomic mass is 35.5. The Labute approximate surface area is 87.5 Å². The van der Waals surface area contributed by atoms with Gasteiger partial charge >= 0.3 is 0 Å². The molecular weight excluding hydrogens is 204 g/mol.